The molecule has 0 saturated carbocycles. The first-order chi connectivity index (χ1) is 15.6. The molecular formula is C23H26ClN5O3. The van der Waals surface area contributed by atoms with Gasteiger partial charge in [-0.2, -0.15) is 5.10 Å². The number of carbonyl (C=O) groups excluding carboxylic acids is 1. The highest BCUT2D eigenvalue weighted by Gasteiger charge is 2.22. The third-order valence-corrected chi connectivity index (χ3v) is 5.60. The van der Waals surface area contributed by atoms with Gasteiger partial charge in [0, 0.05) is 35.4 Å². The van der Waals surface area contributed by atoms with Gasteiger partial charge in [0.25, 0.3) is 0 Å². The quantitative estimate of drug-likeness (QED) is 0.570. The first-order valence-electron chi connectivity index (χ1n) is 10.6. The van der Waals surface area contributed by atoms with Gasteiger partial charge in [0.2, 0.25) is 0 Å². The summed E-state index contributed by atoms with van der Waals surface area (Å²) in [5, 5.41) is 8.11. The fraction of sp³-hybridized carbons (Fsp3) is 0.348. The highest BCUT2D eigenvalue weighted by Crippen LogP contribution is 2.32. The number of rotatable bonds is 6. The number of aromatic nitrogens is 3. The maximum Gasteiger partial charge on any atom is 0.326 e. The molecule has 1 aliphatic heterocycles. The van der Waals surface area contributed by atoms with Crippen LogP contribution < -0.4 is 19.7 Å². The zero-order chi connectivity index (χ0) is 22.5. The number of nitrogens with zero attached hydrogens (tertiary/aromatic N) is 4. The molecule has 2 heterocycles. The second-order valence-corrected chi connectivity index (χ2v) is 7.98. The molecule has 32 heavy (non-hydrogen) atoms. The maximum absolute atomic E-state index is 13.3. The summed E-state index contributed by atoms with van der Waals surface area (Å²) in [5.41, 5.74) is 1.23. The molecule has 0 spiro atoms. The number of hydrogen-bond acceptors (Lipinski definition) is 5. The van der Waals surface area contributed by atoms with Gasteiger partial charge in [0.1, 0.15) is 5.82 Å². The molecule has 0 saturated heterocycles. The maximum atomic E-state index is 13.3. The molecule has 0 radical (unpaired) electrons. The minimum absolute atomic E-state index is 0.210. The van der Waals surface area contributed by atoms with Gasteiger partial charge < -0.3 is 14.8 Å². The summed E-state index contributed by atoms with van der Waals surface area (Å²) < 4.78 is 12.7. The number of nitrogens with one attached hydrogen (secondary N) is 1. The lowest BCUT2D eigenvalue weighted by atomic mass is 10.2. The van der Waals surface area contributed by atoms with E-state index >= 15 is 0 Å². The zero-order valence-corrected chi connectivity index (χ0v) is 18.9. The van der Waals surface area contributed by atoms with Crippen LogP contribution in [-0.4, -0.2) is 35.0 Å². The first kappa shape index (κ1) is 22.0. The van der Waals surface area contributed by atoms with Gasteiger partial charge >= 0.3 is 6.03 Å². The predicted octanol–water partition coefficient (Wildman–Crippen LogP) is 4.91. The van der Waals surface area contributed by atoms with Gasteiger partial charge in [0.15, 0.2) is 17.3 Å². The number of aryl methyl sites for hydroxylation is 2. The van der Waals surface area contributed by atoms with E-state index in [0.717, 1.165) is 31.6 Å². The summed E-state index contributed by atoms with van der Waals surface area (Å²) in [6.07, 6.45) is 4.27. The van der Waals surface area contributed by atoms with Gasteiger partial charge in [-0.05, 0) is 43.2 Å². The highest BCUT2D eigenvalue weighted by molar-refractivity contribution is 6.30. The van der Waals surface area contributed by atoms with Crippen LogP contribution >= 0.6 is 11.6 Å². The summed E-state index contributed by atoms with van der Waals surface area (Å²) in [4.78, 5) is 19.6. The number of urea groups is 1. The minimum Gasteiger partial charge on any atom is -0.493 e. The van der Waals surface area contributed by atoms with E-state index in [1.54, 1.807) is 61.6 Å². The molecule has 0 aliphatic carbocycles. The van der Waals surface area contributed by atoms with E-state index in [9.17, 15) is 4.79 Å². The van der Waals surface area contributed by atoms with Crippen molar-refractivity contribution in [3.63, 3.8) is 0 Å². The third-order valence-electron chi connectivity index (χ3n) is 5.36. The second-order valence-electron chi connectivity index (χ2n) is 7.54. The zero-order valence-electron chi connectivity index (χ0n) is 18.2. The van der Waals surface area contributed by atoms with Crippen molar-refractivity contribution in [2.45, 2.75) is 38.8 Å². The Kier molecular flexibility index (Phi) is 6.80. The standard InChI is InChI=1S/C23H26ClN5O3/c1-31-19-11-10-18(14-20(19)32-2)28(23(30)25-17-8-6-7-16(24)13-17)15-21-26-22-9-4-3-5-12-29(22)27-21/h6-8,10-11,13-14H,3-5,9,12,15H2,1-2H3,(H,25,30). The van der Waals surface area contributed by atoms with Crippen molar-refractivity contribution in [1.29, 1.82) is 0 Å². The molecule has 168 valence electrons. The number of amides is 2. The fourth-order valence-corrected chi connectivity index (χ4v) is 3.94. The molecule has 8 nitrogen and oxygen atoms in total. The Morgan fingerprint density at radius 1 is 1.12 bits per heavy atom. The Bertz CT molecular complexity index is 1080. The van der Waals surface area contributed by atoms with Crippen LogP contribution in [0.4, 0.5) is 16.2 Å². The number of methoxy groups -OCH3 is 2. The Morgan fingerprint density at radius 3 is 2.75 bits per heavy atom. The summed E-state index contributed by atoms with van der Waals surface area (Å²) in [7, 11) is 3.13. The average molecular weight is 456 g/mol. The molecule has 1 aliphatic rings. The number of carbonyl (C=O) groups is 1. The van der Waals surface area contributed by atoms with Gasteiger partial charge in [0.05, 0.1) is 20.8 Å². The van der Waals surface area contributed by atoms with Crippen LogP contribution in [0.25, 0.3) is 0 Å². The SMILES string of the molecule is COc1ccc(N(Cc2nc3n(n2)CCCCC3)C(=O)Nc2cccc(Cl)c2)cc1OC. The molecule has 0 bridgehead atoms. The summed E-state index contributed by atoms with van der Waals surface area (Å²) >= 11 is 6.08. The topological polar surface area (TPSA) is 81.5 Å². The van der Waals surface area contributed by atoms with E-state index in [1.807, 2.05) is 4.68 Å². The lowest BCUT2D eigenvalue weighted by Gasteiger charge is -2.23. The van der Waals surface area contributed by atoms with Crippen LogP contribution in [0.3, 0.4) is 0 Å². The lowest BCUT2D eigenvalue weighted by Crippen LogP contribution is -2.35. The number of halogens is 1. The van der Waals surface area contributed by atoms with Crippen LogP contribution in [0.1, 0.15) is 30.9 Å². The van der Waals surface area contributed by atoms with Crippen molar-refractivity contribution in [3.8, 4) is 11.5 Å². The van der Waals surface area contributed by atoms with Crippen LogP contribution in [0, 0.1) is 0 Å². The first-order valence-corrected chi connectivity index (χ1v) is 10.9. The summed E-state index contributed by atoms with van der Waals surface area (Å²) in [5.74, 6) is 2.68. The Hall–Kier alpha value is -3.26. The van der Waals surface area contributed by atoms with Crippen LogP contribution in [-0.2, 0) is 19.5 Å². The van der Waals surface area contributed by atoms with E-state index in [1.165, 1.54) is 6.42 Å². The number of ether oxygens (including phenoxy) is 2. The molecule has 1 N–H and O–H groups in total. The number of anilines is 2. The molecule has 4 rings (SSSR count). The fourth-order valence-electron chi connectivity index (χ4n) is 3.75. The lowest BCUT2D eigenvalue weighted by molar-refractivity contribution is 0.256. The highest BCUT2D eigenvalue weighted by atomic mass is 35.5. The molecule has 0 unspecified atom stereocenters. The molecule has 2 aromatic carbocycles. The molecule has 0 fully saturated rings. The monoisotopic (exact) mass is 455 g/mol. The number of benzene rings is 2. The Labute approximate surface area is 192 Å². The van der Waals surface area contributed by atoms with Crippen molar-refractivity contribution in [1.82, 2.24) is 14.8 Å². The normalized spacial score (nSPS) is 13.1. The van der Waals surface area contributed by atoms with Gasteiger partial charge in [-0.3, -0.25) is 4.90 Å². The molecular weight excluding hydrogens is 430 g/mol. The van der Waals surface area contributed by atoms with Crippen molar-refractivity contribution in [2.24, 2.45) is 0 Å². The molecule has 3 aromatic rings. The molecule has 0 atom stereocenters. The summed E-state index contributed by atoms with van der Waals surface area (Å²) in [6.45, 7) is 1.06. The minimum atomic E-state index is -0.329. The van der Waals surface area contributed by atoms with E-state index in [4.69, 9.17) is 26.1 Å². The van der Waals surface area contributed by atoms with E-state index < -0.39 is 0 Å². The van der Waals surface area contributed by atoms with Crippen molar-refractivity contribution in [3.05, 3.63) is 59.1 Å². The predicted molar refractivity (Wildman–Crippen MR) is 124 cm³/mol. The van der Waals surface area contributed by atoms with E-state index in [0.29, 0.717) is 33.7 Å². The van der Waals surface area contributed by atoms with E-state index in [-0.39, 0.29) is 12.6 Å². The van der Waals surface area contributed by atoms with Crippen LogP contribution in [0.15, 0.2) is 42.5 Å². The van der Waals surface area contributed by atoms with Crippen molar-refractivity contribution < 1.29 is 14.3 Å². The van der Waals surface area contributed by atoms with Crippen LogP contribution in [0.2, 0.25) is 5.02 Å². The third kappa shape index (κ3) is 4.96. The van der Waals surface area contributed by atoms with Crippen molar-refractivity contribution in [2.75, 3.05) is 24.4 Å². The summed E-state index contributed by atoms with van der Waals surface area (Å²) in [6, 6.07) is 12.0. The molecule has 1 aromatic heterocycles. The number of fused-ring (bicyclic) bond motifs is 1. The largest absolute Gasteiger partial charge is 0.493 e. The molecule has 9 heteroatoms. The van der Waals surface area contributed by atoms with Gasteiger partial charge in [-0.25, -0.2) is 14.5 Å². The number of hydrogen-bond donors (Lipinski definition) is 1. The van der Waals surface area contributed by atoms with Crippen molar-refractivity contribution >= 4 is 29.0 Å². The van der Waals surface area contributed by atoms with E-state index in [2.05, 4.69) is 10.4 Å². The molecule has 2 amide bonds. The average Bonchev–Trinajstić information content (AvgIpc) is 3.05. The smallest absolute Gasteiger partial charge is 0.326 e. The second kappa shape index (κ2) is 9.91. The van der Waals surface area contributed by atoms with Gasteiger partial charge in [-0.1, -0.05) is 24.1 Å². The van der Waals surface area contributed by atoms with Gasteiger partial charge in [-0.15, -0.1) is 0 Å². The Balaban J connectivity index is 1.65. The Morgan fingerprint density at radius 2 is 1.97 bits per heavy atom. The van der Waals surface area contributed by atoms with Crippen LogP contribution in [0.5, 0.6) is 11.5 Å².